The highest BCUT2D eigenvalue weighted by Gasteiger charge is 2.22. The fraction of sp³-hybridized carbons (Fsp3) is 0.0833. The first-order valence-corrected chi connectivity index (χ1v) is 11.0. The van der Waals surface area contributed by atoms with Crippen molar-refractivity contribution in [2.24, 2.45) is 5.73 Å². The number of primary amides is 1. The fourth-order valence-corrected chi connectivity index (χ4v) is 4.97. The second-order valence-electron chi connectivity index (χ2n) is 7.09. The molecule has 150 valence electrons. The molecule has 0 fully saturated rings. The molecule has 4 aromatic rings. The predicted molar refractivity (Wildman–Crippen MR) is 127 cm³/mol. The largest absolute Gasteiger partial charge is 0.368 e. The van der Waals surface area contributed by atoms with Crippen LogP contribution < -0.4 is 11.1 Å². The van der Waals surface area contributed by atoms with Gasteiger partial charge < -0.3 is 11.1 Å². The Kier molecular flexibility index (Phi) is 5.88. The molecule has 4 rings (SSSR count). The molecule has 0 aromatic heterocycles. The summed E-state index contributed by atoms with van der Waals surface area (Å²) in [6, 6.07) is 22.6. The Bertz CT molecular complexity index is 1210. The van der Waals surface area contributed by atoms with E-state index in [-0.39, 0.29) is 5.91 Å². The van der Waals surface area contributed by atoms with Gasteiger partial charge in [-0.15, -0.1) is 0 Å². The topological polar surface area (TPSA) is 72.2 Å². The molecule has 3 N–H and O–H groups in total. The monoisotopic (exact) mass is 524 g/mol. The summed E-state index contributed by atoms with van der Waals surface area (Å²) in [6.07, 6.45) is 0.304. The molecule has 30 heavy (non-hydrogen) atoms. The zero-order valence-corrected chi connectivity index (χ0v) is 19.0. The van der Waals surface area contributed by atoms with Gasteiger partial charge in [-0.1, -0.05) is 80.4 Å². The number of hydrogen-bond donors (Lipinski definition) is 2. The normalized spacial score (nSPS) is 12.1. The van der Waals surface area contributed by atoms with E-state index in [2.05, 4.69) is 43.2 Å². The van der Waals surface area contributed by atoms with E-state index in [1.807, 2.05) is 54.6 Å². The van der Waals surface area contributed by atoms with Crippen molar-refractivity contribution >= 4 is 65.2 Å². The molecule has 0 bridgehead atoms. The van der Waals surface area contributed by atoms with Gasteiger partial charge in [0.2, 0.25) is 5.91 Å². The molecule has 0 aliphatic carbocycles. The van der Waals surface area contributed by atoms with Crippen LogP contribution in [0.25, 0.3) is 21.5 Å². The van der Waals surface area contributed by atoms with Crippen LogP contribution in [0, 0.1) is 0 Å². The summed E-state index contributed by atoms with van der Waals surface area (Å²) in [6.45, 7) is 0. The minimum absolute atomic E-state index is 0.304. The molecule has 0 unspecified atom stereocenters. The minimum Gasteiger partial charge on any atom is -0.368 e. The van der Waals surface area contributed by atoms with Crippen LogP contribution in [0.1, 0.15) is 15.9 Å². The first-order valence-electron chi connectivity index (χ1n) is 9.38. The van der Waals surface area contributed by atoms with Crippen LogP contribution in [-0.4, -0.2) is 17.9 Å². The van der Waals surface area contributed by atoms with Gasteiger partial charge in [0, 0.05) is 20.9 Å². The Labute approximate surface area is 190 Å². The third-order valence-corrected chi connectivity index (χ3v) is 5.98. The van der Waals surface area contributed by atoms with Gasteiger partial charge in [0.05, 0.1) is 0 Å². The number of benzene rings is 4. The minimum atomic E-state index is -0.843. The zero-order chi connectivity index (χ0) is 21.3. The van der Waals surface area contributed by atoms with Crippen LogP contribution in [-0.2, 0) is 11.2 Å². The van der Waals surface area contributed by atoms with E-state index in [1.165, 1.54) is 0 Å². The lowest BCUT2D eigenvalue weighted by molar-refractivity contribution is -0.119. The first kappa shape index (κ1) is 20.6. The number of amides is 2. The van der Waals surface area contributed by atoms with Gasteiger partial charge in [-0.25, -0.2) is 0 Å². The van der Waals surface area contributed by atoms with E-state index in [1.54, 1.807) is 12.1 Å². The van der Waals surface area contributed by atoms with Crippen molar-refractivity contribution in [3.05, 3.63) is 92.9 Å². The van der Waals surface area contributed by atoms with Crippen molar-refractivity contribution in [3.8, 4) is 0 Å². The molecule has 4 nitrogen and oxygen atoms in total. The maximum Gasteiger partial charge on any atom is 0.252 e. The van der Waals surface area contributed by atoms with Crippen molar-refractivity contribution in [2.45, 2.75) is 12.5 Å². The fourth-order valence-electron chi connectivity index (χ4n) is 3.68. The summed E-state index contributed by atoms with van der Waals surface area (Å²) in [5, 5.41) is 7.06. The van der Waals surface area contributed by atoms with Crippen LogP contribution in [0.15, 0.2) is 81.7 Å². The second kappa shape index (κ2) is 8.58. The van der Waals surface area contributed by atoms with Gasteiger partial charge in [-0.05, 0) is 51.4 Å². The summed E-state index contributed by atoms with van der Waals surface area (Å²) >= 11 is 6.77. The number of nitrogens with one attached hydrogen (secondary N) is 1. The second-order valence-corrected chi connectivity index (χ2v) is 8.92. The van der Waals surface area contributed by atoms with E-state index < -0.39 is 11.9 Å². The Morgan fingerprint density at radius 2 is 1.37 bits per heavy atom. The number of carbonyl (C=O) groups excluding carboxylic acids is 2. The number of carbonyl (C=O) groups is 2. The zero-order valence-electron chi connectivity index (χ0n) is 15.9. The van der Waals surface area contributed by atoms with Crippen LogP contribution in [0.2, 0.25) is 0 Å². The number of rotatable bonds is 5. The lowest BCUT2D eigenvalue weighted by Crippen LogP contribution is -2.45. The Morgan fingerprint density at radius 3 is 1.90 bits per heavy atom. The molecule has 0 saturated carbocycles. The lowest BCUT2D eigenvalue weighted by Gasteiger charge is -2.19. The van der Waals surface area contributed by atoms with Crippen molar-refractivity contribution in [3.63, 3.8) is 0 Å². The van der Waals surface area contributed by atoms with Crippen molar-refractivity contribution in [1.29, 1.82) is 0 Å². The Morgan fingerprint density at radius 1 is 0.833 bits per heavy atom. The van der Waals surface area contributed by atoms with E-state index in [4.69, 9.17) is 5.73 Å². The first-order chi connectivity index (χ1) is 14.4. The molecular weight excluding hydrogens is 508 g/mol. The molecular formula is C24H18Br2N2O2. The summed E-state index contributed by atoms with van der Waals surface area (Å²) in [5.74, 6) is -0.931. The summed E-state index contributed by atoms with van der Waals surface area (Å²) < 4.78 is 1.52. The average Bonchev–Trinajstić information content (AvgIpc) is 2.72. The molecule has 4 aromatic carbocycles. The molecule has 0 spiro atoms. The van der Waals surface area contributed by atoms with Crippen molar-refractivity contribution < 1.29 is 9.59 Å². The number of nitrogens with two attached hydrogens (primary N) is 1. The van der Waals surface area contributed by atoms with E-state index in [0.717, 1.165) is 36.1 Å². The average molecular weight is 526 g/mol. The lowest BCUT2D eigenvalue weighted by atomic mass is 9.92. The van der Waals surface area contributed by atoms with E-state index >= 15 is 0 Å². The molecule has 6 heteroatoms. The quantitative estimate of drug-likeness (QED) is 0.345. The van der Waals surface area contributed by atoms with Gasteiger partial charge in [0.15, 0.2) is 0 Å². The molecule has 0 saturated heterocycles. The molecule has 0 aliphatic rings. The Hall–Kier alpha value is -2.70. The van der Waals surface area contributed by atoms with Crippen LogP contribution in [0.5, 0.6) is 0 Å². The van der Waals surface area contributed by atoms with Crippen LogP contribution in [0.4, 0.5) is 0 Å². The smallest absolute Gasteiger partial charge is 0.252 e. The molecule has 0 heterocycles. The standard InChI is InChI=1S/C24H18Br2N2O2/c25-17-10-16(11-18(26)12-17)24(30)28-22(23(27)29)13-21-19-7-3-1-5-14(19)9-15-6-2-4-8-20(15)21/h1-12,22H,13H2,(H2,27,29)(H,28,30)/t22-/m0/s1. The van der Waals surface area contributed by atoms with Gasteiger partial charge >= 0.3 is 0 Å². The van der Waals surface area contributed by atoms with Gasteiger partial charge in [0.1, 0.15) is 6.04 Å². The van der Waals surface area contributed by atoms with E-state index in [9.17, 15) is 9.59 Å². The maximum absolute atomic E-state index is 12.8. The number of halogens is 2. The Balaban J connectivity index is 1.73. The maximum atomic E-state index is 12.8. The SMILES string of the molecule is NC(=O)[C@H](Cc1c2ccccc2cc2ccccc12)NC(=O)c1cc(Br)cc(Br)c1. The third kappa shape index (κ3) is 4.25. The molecule has 0 aliphatic heterocycles. The third-order valence-electron chi connectivity index (χ3n) is 5.06. The molecule has 1 atom stereocenters. The van der Waals surface area contributed by atoms with Gasteiger partial charge in [0.25, 0.3) is 5.91 Å². The predicted octanol–water partition coefficient (Wildman–Crippen LogP) is 5.34. The van der Waals surface area contributed by atoms with Crippen LogP contribution >= 0.6 is 31.9 Å². The summed E-state index contributed by atoms with van der Waals surface area (Å²) in [7, 11) is 0. The highest BCUT2D eigenvalue weighted by atomic mass is 79.9. The molecule has 0 radical (unpaired) electrons. The van der Waals surface area contributed by atoms with Crippen molar-refractivity contribution in [2.75, 3.05) is 0 Å². The highest BCUT2D eigenvalue weighted by molar-refractivity contribution is 9.11. The van der Waals surface area contributed by atoms with E-state index in [0.29, 0.717) is 12.0 Å². The van der Waals surface area contributed by atoms with Gasteiger partial charge in [-0.2, -0.15) is 0 Å². The number of fused-ring (bicyclic) bond motifs is 2. The van der Waals surface area contributed by atoms with Gasteiger partial charge in [-0.3, -0.25) is 9.59 Å². The summed E-state index contributed by atoms with van der Waals surface area (Å²) in [4.78, 5) is 25.1. The molecule has 2 amide bonds. The highest BCUT2D eigenvalue weighted by Crippen LogP contribution is 2.29. The number of hydrogen-bond acceptors (Lipinski definition) is 2. The van der Waals surface area contributed by atoms with Crippen LogP contribution in [0.3, 0.4) is 0 Å². The van der Waals surface area contributed by atoms with Crippen molar-refractivity contribution in [1.82, 2.24) is 5.32 Å². The summed E-state index contributed by atoms with van der Waals surface area (Å²) in [5.41, 5.74) is 7.11.